The van der Waals surface area contributed by atoms with Crippen LogP contribution in [0, 0.1) is 13.8 Å². The standard InChI is InChI=1S/C32H33F2N7O/c1-18-7-8-20(11-19(18)2)14-37-30-38-27-24(5-4-6-26(27)42-3)29-39-28(40-41(29)30)22-12-21(13-22)25-10-9-23(15-36-25)31(35)16-32(33,34)17-31/h4-11,15,21-22H,12-14,16-17,35H2,1-3H3,(H,37,38)/t21-,22+. The molecule has 10 heteroatoms. The second-order valence-corrected chi connectivity index (χ2v) is 12.0. The van der Waals surface area contributed by atoms with Crippen LogP contribution in [-0.2, 0) is 12.1 Å². The normalized spacial score (nSPS) is 20.7. The molecule has 5 aromatic rings. The van der Waals surface area contributed by atoms with Crippen LogP contribution < -0.4 is 15.8 Å². The number of fused-ring (bicyclic) bond motifs is 3. The Bertz CT molecular complexity index is 1800. The number of halogens is 2. The maximum atomic E-state index is 13.4. The van der Waals surface area contributed by atoms with Gasteiger partial charge in [0.25, 0.3) is 5.92 Å². The van der Waals surface area contributed by atoms with Crippen molar-refractivity contribution < 1.29 is 13.5 Å². The first kappa shape index (κ1) is 26.7. The molecule has 3 heterocycles. The highest BCUT2D eigenvalue weighted by Gasteiger charge is 2.55. The van der Waals surface area contributed by atoms with Crippen LogP contribution in [0.2, 0.25) is 0 Å². The molecule has 0 atom stereocenters. The lowest BCUT2D eigenvalue weighted by molar-refractivity contribution is -0.125. The van der Waals surface area contributed by atoms with E-state index in [2.05, 4.69) is 42.3 Å². The summed E-state index contributed by atoms with van der Waals surface area (Å²) in [5, 5.41) is 9.27. The summed E-state index contributed by atoms with van der Waals surface area (Å²) in [6.45, 7) is 4.81. The van der Waals surface area contributed by atoms with Gasteiger partial charge in [0.1, 0.15) is 11.3 Å². The number of aromatic nitrogens is 5. The molecule has 0 radical (unpaired) electrons. The first-order valence-electron chi connectivity index (χ1n) is 14.3. The zero-order valence-corrected chi connectivity index (χ0v) is 23.9. The Kier molecular flexibility index (Phi) is 6.16. The minimum absolute atomic E-state index is 0.177. The lowest BCUT2D eigenvalue weighted by atomic mass is 9.69. The fraction of sp³-hybridized carbons (Fsp3) is 0.375. The lowest BCUT2D eigenvalue weighted by Gasteiger charge is -2.44. The highest BCUT2D eigenvalue weighted by Crippen LogP contribution is 2.50. The number of nitrogens with one attached hydrogen (secondary N) is 1. The van der Waals surface area contributed by atoms with Gasteiger partial charge in [-0.05, 0) is 67.1 Å². The van der Waals surface area contributed by atoms with Crippen LogP contribution >= 0.6 is 0 Å². The summed E-state index contributed by atoms with van der Waals surface area (Å²) in [4.78, 5) is 14.5. The first-order chi connectivity index (χ1) is 20.1. The van der Waals surface area contributed by atoms with Gasteiger partial charge in [-0.3, -0.25) is 4.98 Å². The Morgan fingerprint density at radius 1 is 1.02 bits per heavy atom. The molecular formula is C32H33F2N7O. The summed E-state index contributed by atoms with van der Waals surface area (Å²) >= 11 is 0. The Balaban J connectivity index is 1.14. The zero-order chi connectivity index (χ0) is 29.2. The molecule has 8 nitrogen and oxygen atoms in total. The Morgan fingerprint density at radius 3 is 2.52 bits per heavy atom. The molecule has 0 unspecified atom stereocenters. The highest BCUT2D eigenvalue weighted by atomic mass is 19.3. The molecular weight excluding hydrogens is 536 g/mol. The summed E-state index contributed by atoms with van der Waals surface area (Å²) in [5.41, 5.74) is 11.9. The molecule has 216 valence electrons. The second-order valence-electron chi connectivity index (χ2n) is 12.0. The topological polar surface area (TPSA) is 103 Å². The van der Waals surface area contributed by atoms with Crippen molar-refractivity contribution in [1.82, 2.24) is 24.6 Å². The number of aryl methyl sites for hydroxylation is 2. The molecule has 2 aromatic carbocycles. The number of ether oxygens (including phenoxy) is 1. The van der Waals surface area contributed by atoms with Gasteiger partial charge in [0, 0.05) is 48.5 Å². The number of rotatable bonds is 7. The molecule has 3 N–H and O–H groups in total. The Labute approximate surface area is 242 Å². The molecule has 0 spiro atoms. The maximum Gasteiger partial charge on any atom is 0.252 e. The van der Waals surface area contributed by atoms with E-state index in [0.717, 1.165) is 46.5 Å². The first-order valence-corrected chi connectivity index (χ1v) is 14.3. The summed E-state index contributed by atoms with van der Waals surface area (Å²) in [6.07, 6.45) is 2.72. The quantitative estimate of drug-likeness (QED) is 0.242. The number of hydrogen-bond donors (Lipinski definition) is 2. The number of hydrogen-bond acceptors (Lipinski definition) is 7. The van der Waals surface area contributed by atoms with Crippen molar-refractivity contribution in [1.29, 1.82) is 0 Å². The van der Waals surface area contributed by atoms with Crippen molar-refractivity contribution in [2.75, 3.05) is 12.4 Å². The number of pyridine rings is 1. The van der Waals surface area contributed by atoms with Gasteiger partial charge in [0.05, 0.1) is 12.6 Å². The van der Waals surface area contributed by atoms with Gasteiger partial charge in [0.15, 0.2) is 11.5 Å². The van der Waals surface area contributed by atoms with Crippen molar-refractivity contribution >= 4 is 22.5 Å². The third-order valence-corrected chi connectivity index (χ3v) is 8.95. The van der Waals surface area contributed by atoms with Crippen LogP contribution in [0.25, 0.3) is 16.6 Å². The Hall–Kier alpha value is -4.18. The van der Waals surface area contributed by atoms with Gasteiger partial charge in [-0.15, -0.1) is 5.10 Å². The number of para-hydroxylation sites is 1. The van der Waals surface area contributed by atoms with Crippen LogP contribution in [0.4, 0.5) is 14.7 Å². The minimum atomic E-state index is -2.68. The van der Waals surface area contributed by atoms with E-state index in [0.29, 0.717) is 23.8 Å². The van der Waals surface area contributed by atoms with Crippen LogP contribution in [0.1, 0.15) is 71.3 Å². The smallest absolute Gasteiger partial charge is 0.252 e. The van der Waals surface area contributed by atoms with E-state index in [1.807, 2.05) is 30.3 Å². The number of nitrogens with zero attached hydrogens (tertiary/aromatic N) is 5. The van der Waals surface area contributed by atoms with Gasteiger partial charge >= 0.3 is 0 Å². The minimum Gasteiger partial charge on any atom is -0.494 e. The molecule has 2 aliphatic carbocycles. The Morgan fingerprint density at radius 2 is 1.83 bits per heavy atom. The average Bonchev–Trinajstić information content (AvgIpc) is 3.37. The predicted octanol–water partition coefficient (Wildman–Crippen LogP) is 6.15. The van der Waals surface area contributed by atoms with E-state index in [1.54, 1.807) is 17.8 Å². The third-order valence-electron chi connectivity index (χ3n) is 8.95. The molecule has 2 aliphatic rings. The van der Waals surface area contributed by atoms with Gasteiger partial charge < -0.3 is 15.8 Å². The molecule has 0 bridgehead atoms. The van der Waals surface area contributed by atoms with Crippen LogP contribution in [0.15, 0.2) is 54.7 Å². The summed E-state index contributed by atoms with van der Waals surface area (Å²) in [7, 11) is 1.64. The molecule has 0 aliphatic heterocycles. The van der Waals surface area contributed by atoms with Gasteiger partial charge in [-0.1, -0.05) is 30.3 Å². The summed E-state index contributed by atoms with van der Waals surface area (Å²) < 4.78 is 34.3. The number of benzene rings is 2. The predicted molar refractivity (Wildman–Crippen MR) is 157 cm³/mol. The van der Waals surface area contributed by atoms with E-state index < -0.39 is 11.5 Å². The lowest BCUT2D eigenvalue weighted by Crippen LogP contribution is -2.55. The maximum absolute atomic E-state index is 13.4. The monoisotopic (exact) mass is 569 g/mol. The van der Waals surface area contributed by atoms with E-state index >= 15 is 0 Å². The molecule has 2 saturated carbocycles. The zero-order valence-electron chi connectivity index (χ0n) is 23.9. The average molecular weight is 570 g/mol. The number of nitrogens with two attached hydrogens (primary N) is 1. The van der Waals surface area contributed by atoms with E-state index in [9.17, 15) is 8.78 Å². The van der Waals surface area contributed by atoms with Crippen molar-refractivity contribution in [2.45, 2.75) is 69.4 Å². The molecule has 0 saturated heterocycles. The second kappa shape index (κ2) is 9.69. The molecule has 2 fully saturated rings. The third kappa shape index (κ3) is 4.54. The fourth-order valence-electron chi connectivity index (χ4n) is 6.25. The van der Waals surface area contributed by atoms with Crippen LogP contribution in [-0.4, -0.2) is 37.6 Å². The van der Waals surface area contributed by atoms with E-state index in [-0.39, 0.29) is 24.7 Å². The van der Waals surface area contributed by atoms with E-state index in [4.69, 9.17) is 25.5 Å². The highest BCUT2D eigenvalue weighted by molar-refractivity contribution is 5.96. The van der Waals surface area contributed by atoms with Gasteiger partial charge in [-0.2, -0.15) is 4.52 Å². The van der Waals surface area contributed by atoms with Crippen LogP contribution in [0.3, 0.4) is 0 Å². The number of methoxy groups -OCH3 is 1. The number of anilines is 1. The van der Waals surface area contributed by atoms with E-state index in [1.165, 1.54) is 11.1 Å². The SMILES string of the molecule is COc1cccc2c1nc(NCc1ccc(C)c(C)c1)n1nc([C@H]3C[C@@H](c4ccc(C5(N)CC(F)(F)C5)cn4)C3)nc21. The van der Waals surface area contributed by atoms with Crippen molar-refractivity contribution in [3.63, 3.8) is 0 Å². The largest absolute Gasteiger partial charge is 0.494 e. The fourth-order valence-corrected chi connectivity index (χ4v) is 6.25. The molecule has 3 aromatic heterocycles. The van der Waals surface area contributed by atoms with Gasteiger partial charge in [0.2, 0.25) is 5.95 Å². The van der Waals surface area contributed by atoms with Crippen molar-refractivity contribution in [3.8, 4) is 5.75 Å². The van der Waals surface area contributed by atoms with Crippen LogP contribution in [0.5, 0.6) is 5.75 Å². The van der Waals surface area contributed by atoms with Crippen molar-refractivity contribution in [3.05, 3.63) is 88.5 Å². The molecule has 42 heavy (non-hydrogen) atoms. The molecule has 0 amide bonds. The number of alkyl halides is 2. The summed E-state index contributed by atoms with van der Waals surface area (Å²) in [5.74, 6) is -0.204. The molecule has 7 rings (SSSR count). The van der Waals surface area contributed by atoms with Crippen molar-refractivity contribution in [2.24, 2.45) is 5.73 Å². The van der Waals surface area contributed by atoms with Gasteiger partial charge in [-0.25, -0.2) is 18.7 Å². The summed E-state index contributed by atoms with van der Waals surface area (Å²) in [6, 6.07) is 16.0.